The van der Waals surface area contributed by atoms with Crippen molar-refractivity contribution in [1.29, 1.82) is 0 Å². The summed E-state index contributed by atoms with van der Waals surface area (Å²) in [5.74, 6) is -2.05. The Morgan fingerprint density at radius 1 is 1.44 bits per heavy atom. The van der Waals surface area contributed by atoms with Crippen molar-refractivity contribution in [2.75, 3.05) is 7.05 Å². The van der Waals surface area contributed by atoms with E-state index in [1.165, 1.54) is 30.6 Å². The average Bonchev–Trinajstić information content (AvgIpc) is 2.77. The van der Waals surface area contributed by atoms with Crippen LogP contribution in [0.25, 0.3) is 0 Å². The Labute approximate surface area is 104 Å². The van der Waals surface area contributed by atoms with Crippen molar-refractivity contribution < 1.29 is 19.8 Å². The van der Waals surface area contributed by atoms with Gasteiger partial charge in [0.15, 0.2) is 0 Å². The Balaban J connectivity index is 2.78. The molecule has 1 aromatic heterocycles. The minimum absolute atomic E-state index is 0.135. The number of hydrogen-bond donors (Lipinski definition) is 4. The number of aromatic carboxylic acids is 1. The van der Waals surface area contributed by atoms with E-state index in [4.69, 9.17) is 10.2 Å². The maximum Gasteiger partial charge on any atom is 0.337 e. The molecular formula is C12H14N2O4. The molecule has 0 bridgehead atoms. The fourth-order valence-corrected chi connectivity index (χ4v) is 1.30. The van der Waals surface area contributed by atoms with E-state index in [1.54, 1.807) is 7.05 Å². The quantitative estimate of drug-likeness (QED) is 0.445. The number of carboxylic acid groups (broad SMARTS) is 2. The number of hydrogen-bond acceptors (Lipinski definition) is 3. The Bertz CT molecular complexity index is 500. The van der Waals surface area contributed by atoms with E-state index in [2.05, 4.69) is 10.3 Å². The molecule has 0 aliphatic carbocycles. The van der Waals surface area contributed by atoms with Crippen LogP contribution in [-0.4, -0.2) is 34.2 Å². The lowest BCUT2D eigenvalue weighted by Gasteiger charge is -1.95. The third-order valence-corrected chi connectivity index (χ3v) is 2.21. The van der Waals surface area contributed by atoms with Crippen LogP contribution in [0.1, 0.15) is 16.1 Å². The van der Waals surface area contributed by atoms with Crippen molar-refractivity contribution in [3.8, 4) is 0 Å². The third kappa shape index (κ3) is 3.82. The number of H-pyrrole nitrogens is 1. The van der Waals surface area contributed by atoms with Gasteiger partial charge in [-0.25, -0.2) is 9.59 Å². The Hall–Kier alpha value is -2.50. The number of rotatable bonds is 6. The Morgan fingerprint density at radius 2 is 2.17 bits per heavy atom. The van der Waals surface area contributed by atoms with Crippen molar-refractivity contribution in [1.82, 2.24) is 10.3 Å². The molecule has 96 valence electrons. The molecule has 0 saturated carbocycles. The summed E-state index contributed by atoms with van der Waals surface area (Å²) in [4.78, 5) is 24.3. The lowest BCUT2D eigenvalue weighted by Crippen LogP contribution is -2.01. The van der Waals surface area contributed by atoms with Gasteiger partial charge in [-0.15, -0.1) is 0 Å². The van der Waals surface area contributed by atoms with E-state index in [9.17, 15) is 9.59 Å². The van der Waals surface area contributed by atoms with Crippen LogP contribution in [0.15, 0.2) is 36.2 Å². The maximum atomic E-state index is 10.9. The molecule has 0 unspecified atom stereocenters. The number of aromatic amines is 1. The average molecular weight is 250 g/mol. The number of allylic oxidation sites excluding steroid dienone is 1. The number of aliphatic carboxylic acids is 1. The van der Waals surface area contributed by atoms with Crippen LogP contribution in [0.3, 0.4) is 0 Å². The van der Waals surface area contributed by atoms with Gasteiger partial charge in [0.1, 0.15) is 0 Å². The van der Waals surface area contributed by atoms with Crippen molar-refractivity contribution in [2.24, 2.45) is 0 Å². The molecule has 0 aromatic carbocycles. The van der Waals surface area contributed by atoms with Crippen LogP contribution >= 0.6 is 0 Å². The van der Waals surface area contributed by atoms with Crippen LogP contribution in [-0.2, 0) is 11.2 Å². The van der Waals surface area contributed by atoms with Gasteiger partial charge in [-0.3, -0.25) is 0 Å². The molecule has 0 aliphatic rings. The second-order valence-electron chi connectivity index (χ2n) is 3.51. The highest BCUT2D eigenvalue weighted by atomic mass is 16.4. The van der Waals surface area contributed by atoms with Gasteiger partial charge in [0.25, 0.3) is 0 Å². The minimum Gasteiger partial charge on any atom is -0.478 e. The molecule has 0 radical (unpaired) electrons. The van der Waals surface area contributed by atoms with Gasteiger partial charge in [-0.2, -0.15) is 0 Å². The van der Waals surface area contributed by atoms with Crippen molar-refractivity contribution >= 4 is 11.9 Å². The van der Waals surface area contributed by atoms with Crippen LogP contribution in [0.2, 0.25) is 0 Å². The molecule has 1 heterocycles. The van der Waals surface area contributed by atoms with Crippen LogP contribution in [0.5, 0.6) is 0 Å². The first-order chi connectivity index (χ1) is 8.54. The predicted molar refractivity (Wildman–Crippen MR) is 65.4 cm³/mol. The van der Waals surface area contributed by atoms with Gasteiger partial charge >= 0.3 is 11.9 Å². The molecular weight excluding hydrogens is 236 g/mol. The molecule has 6 nitrogen and oxygen atoms in total. The second kappa shape index (κ2) is 6.29. The lowest BCUT2D eigenvalue weighted by atomic mass is 10.2. The third-order valence-electron chi connectivity index (χ3n) is 2.21. The van der Waals surface area contributed by atoms with Gasteiger partial charge in [0.2, 0.25) is 0 Å². The zero-order valence-electron chi connectivity index (χ0n) is 9.80. The second-order valence-corrected chi connectivity index (χ2v) is 3.51. The number of aromatic nitrogens is 1. The normalized spacial score (nSPS) is 11.7. The monoisotopic (exact) mass is 250 g/mol. The van der Waals surface area contributed by atoms with E-state index in [-0.39, 0.29) is 11.1 Å². The first kappa shape index (κ1) is 13.6. The summed E-state index contributed by atoms with van der Waals surface area (Å²) in [6.45, 7) is 0. The summed E-state index contributed by atoms with van der Waals surface area (Å²) in [5.41, 5.74) is 0.931. The van der Waals surface area contributed by atoms with Gasteiger partial charge in [-0.05, 0) is 18.3 Å². The largest absolute Gasteiger partial charge is 0.478 e. The van der Waals surface area contributed by atoms with Crippen molar-refractivity contribution in [2.45, 2.75) is 6.42 Å². The summed E-state index contributed by atoms with van der Waals surface area (Å²) in [6.07, 6.45) is 6.15. The van der Waals surface area contributed by atoms with E-state index in [1.807, 2.05) is 0 Å². The number of nitrogens with one attached hydrogen (secondary N) is 2. The zero-order valence-corrected chi connectivity index (χ0v) is 9.80. The van der Waals surface area contributed by atoms with Crippen LogP contribution in [0, 0.1) is 0 Å². The highest BCUT2D eigenvalue weighted by molar-refractivity contribution is 5.90. The highest BCUT2D eigenvalue weighted by Crippen LogP contribution is 2.07. The standard InChI is InChI=1S/C12H14N2O4/c1-13-5-4-8(11(15)16)2-3-10-6-9(7-14-10)12(17)18/h2,4-7,13-14H,3H2,1H3,(H,15,16)(H,17,18)/b5-4-,8-2+. The van der Waals surface area contributed by atoms with Gasteiger partial charge in [0.05, 0.1) is 11.1 Å². The molecule has 1 rings (SSSR count). The summed E-state index contributed by atoms with van der Waals surface area (Å²) < 4.78 is 0. The minimum atomic E-state index is -1.04. The smallest absolute Gasteiger partial charge is 0.337 e. The van der Waals surface area contributed by atoms with Crippen LogP contribution in [0.4, 0.5) is 0 Å². The van der Waals surface area contributed by atoms with Crippen molar-refractivity contribution in [3.05, 3.63) is 47.4 Å². The Morgan fingerprint density at radius 3 is 2.67 bits per heavy atom. The first-order valence-corrected chi connectivity index (χ1v) is 5.22. The summed E-state index contributed by atoms with van der Waals surface area (Å²) in [5, 5.41) is 20.4. The predicted octanol–water partition coefficient (Wildman–Crippen LogP) is 0.999. The number of carbonyl (C=O) groups is 2. The van der Waals surface area contributed by atoms with E-state index >= 15 is 0 Å². The molecule has 1 aromatic rings. The molecule has 0 saturated heterocycles. The van der Waals surface area contributed by atoms with E-state index in [0.717, 1.165) is 0 Å². The summed E-state index contributed by atoms with van der Waals surface area (Å²) in [6, 6.07) is 1.47. The topological polar surface area (TPSA) is 102 Å². The van der Waals surface area contributed by atoms with Crippen LogP contribution < -0.4 is 5.32 Å². The van der Waals surface area contributed by atoms with Gasteiger partial charge in [-0.1, -0.05) is 6.08 Å². The zero-order chi connectivity index (χ0) is 13.5. The molecule has 0 spiro atoms. The fourth-order valence-electron chi connectivity index (χ4n) is 1.30. The Kier molecular flexibility index (Phi) is 4.74. The van der Waals surface area contributed by atoms with E-state index in [0.29, 0.717) is 12.1 Å². The molecule has 18 heavy (non-hydrogen) atoms. The molecule has 0 fully saturated rings. The lowest BCUT2D eigenvalue weighted by molar-refractivity contribution is -0.132. The van der Waals surface area contributed by atoms with Crippen molar-refractivity contribution in [3.63, 3.8) is 0 Å². The maximum absolute atomic E-state index is 10.9. The van der Waals surface area contributed by atoms with Gasteiger partial charge in [0, 0.05) is 25.4 Å². The number of carboxylic acids is 2. The van der Waals surface area contributed by atoms with E-state index < -0.39 is 11.9 Å². The highest BCUT2D eigenvalue weighted by Gasteiger charge is 2.06. The summed E-state index contributed by atoms with van der Waals surface area (Å²) >= 11 is 0. The molecule has 0 aliphatic heterocycles. The summed E-state index contributed by atoms with van der Waals surface area (Å²) in [7, 11) is 1.67. The first-order valence-electron chi connectivity index (χ1n) is 5.22. The molecule has 0 amide bonds. The van der Waals surface area contributed by atoms with Gasteiger partial charge < -0.3 is 20.5 Å². The molecule has 4 N–H and O–H groups in total. The fraction of sp³-hybridized carbons (Fsp3) is 0.167. The SMILES string of the molecule is CN/C=C\C(=C/Cc1cc(C(=O)O)c[nH]1)C(=O)O. The molecule has 0 atom stereocenters. The molecule has 6 heteroatoms.